The summed E-state index contributed by atoms with van der Waals surface area (Å²) in [6.07, 6.45) is 4.81. The number of amides is 2. The van der Waals surface area contributed by atoms with Gasteiger partial charge in [-0.2, -0.15) is 0 Å². The summed E-state index contributed by atoms with van der Waals surface area (Å²) in [5.74, 6) is 0.0515. The summed E-state index contributed by atoms with van der Waals surface area (Å²) in [6, 6.07) is 13.9. The first-order valence-corrected chi connectivity index (χ1v) is 11.1. The number of piperazine rings is 2. The van der Waals surface area contributed by atoms with Crippen LogP contribution < -0.4 is 5.32 Å². The molecule has 1 aromatic heterocycles. The van der Waals surface area contributed by atoms with Crippen molar-refractivity contribution < 1.29 is 9.59 Å². The molecule has 0 spiro atoms. The van der Waals surface area contributed by atoms with Crippen LogP contribution in [0.2, 0.25) is 0 Å². The topological polar surface area (TPSA) is 68.8 Å². The molecular weight excluding hydrogens is 390 g/mol. The lowest BCUT2D eigenvalue weighted by atomic mass is 10.1. The third-order valence-electron chi connectivity index (χ3n) is 6.19. The van der Waals surface area contributed by atoms with Crippen LogP contribution in [0.3, 0.4) is 0 Å². The summed E-state index contributed by atoms with van der Waals surface area (Å²) in [6.45, 7) is 6.17. The summed E-state index contributed by atoms with van der Waals surface area (Å²) in [4.78, 5) is 36.1. The van der Waals surface area contributed by atoms with Crippen molar-refractivity contribution in [2.75, 3.05) is 45.8 Å². The summed E-state index contributed by atoms with van der Waals surface area (Å²) in [7, 11) is 0. The van der Waals surface area contributed by atoms with Crippen LogP contribution in [-0.4, -0.2) is 83.4 Å². The van der Waals surface area contributed by atoms with Crippen LogP contribution in [0.1, 0.15) is 17.5 Å². The van der Waals surface area contributed by atoms with E-state index in [2.05, 4.69) is 38.3 Å². The second kappa shape index (κ2) is 10.5. The first-order chi connectivity index (χ1) is 15.2. The zero-order valence-electron chi connectivity index (χ0n) is 17.9. The molecule has 0 unspecified atom stereocenters. The van der Waals surface area contributed by atoms with E-state index in [1.165, 1.54) is 11.1 Å². The number of nitrogens with zero attached hydrogens (tertiary/aromatic N) is 4. The Balaban J connectivity index is 1.28. The first-order valence-electron chi connectivity index (χ1n) is 11.1. The van der Waals surface area contributed by atoms with Crippen molar-refractivity contribution in [3.8, 4) is 0 Å². The van der Waals surface area contributed by atoms with E-state index >= 15 is 0 Å². The lowest BCUT2D eigenvalue weighted by molar-refractivity contribution is -0.140. The Morgan fingerprint density at radius 3 is 2.52 bits per heavy atom. The molecule has 1 N–H and O–H groups in total. The predicted octanol–water partition coefficient (Wildman–Crippen LogP) is 1.16. The fourth-order valence-corrected chi connectivity index (χ4v) is 4.37. The number of carbonyl (C=O) groups excluding carboxylic acids is 2. The van der Waals surface area contributed by atoms with Gasteiger partial charge in [-0.3, -0.25) is 24.4 Å². The van der Waals surface area contributed by atoms with E-state index in [0.29, 0.717) is 19.6 Å². The highest BCUT2D eigenvalue weighted by Crippen LogP contribution is 2.14. The average molecular weight is 422 g/mol. The predicted molar refractivity (Wildman–Crippen MR) is 119 cm³/mol. The molecule has 164 valence electrons. The molecular formula is C24H31N5O2. The quantitative estimate of drug-likeness (QED) is 0.727. The van der Waals surface area contributed by atoms with E-state index in [4.69, 9.17) is 0 Å². The Bertz CT molecular complexity index is 853. The van der Waals surface area contributed by atoms with Gasteiger partial charge in [0.05, 0.1) is 12.5 Å². The Morgan fingerprint density at radius 1 is 1.00 bits per heavy atom. The maximum Gasteiger partial charge on any atom is 0.237 e. The SMILES string of the molecule is O=C1NCCN(CCc2ccccc2)[C@H]1CC(=O)N1CCN(Cc2cccnc2)CC1. The van der Waals surface area contributed by atoms with Crippen molar-refractivity contribution in [1.82, 2.24) is 25.0 Å². The van der Waals surface area contributed by atoms with Crippen LogP contribution in [0, 0.1) is 0 Å². The molecule has 7 heteroatoms. The summed E-state index contributed by atoms with van der Waals surface area (Å²) >= 11 is 0. The van der Waals surface area contributed by atoms with Crippen molar-refractivity contribution in [2.45, 2.75) is 25.4 Å². The van der Waals surface area contributed by atoms with E-state index in [0.717, 1.165) is 39.1 Å². The first kappa shape index (κ1) is 21.5. The molecule has 31 heavy (non-hydrogen) atoms. The minimum absolute atomic E-state index is 0.0251. The highest BCUT2D eigenvalue weighted by atomic mass is 16.2. The molecule has 4 rings (SSSR count). The number of benzene rings is 1. The molecule has 3 heterocycles. The third kappa shape index (κ3) is 5.89. The highest BCUT2D eigenvalue weighted by Gasteiger charge is 2.33. The summed E-state index contributed by atoms with van der Waals surface area (Å²) in [5.41, 5.74) is 2.44. The van der Waals surface area contributed by atoms with E-state index in [9.17, 15) is 9.59 Å². The van der Waals surface area contributed by atoms with Gasteiger partial charge in [0.25, 0.3) is 0 Å². The number of hydrogen-bond donors (Lipinski definition) is 1. The molecule has 2 aliphatic rings. The molecule has 1 atom stereocenters. The summed E-state index contributed by atoms with van der Waals surface area (Å²) < 4.78 is 0. The average Bonchev–Trinajstić information content (AvgIpc) is 2.81. The van der Waals surface area contributed by atoms with Gasteiger partial charge in [-0.1, -0.05) is 36.4 Å². The van der Waals surface area contributed by atoms with Crippen LogP contribution in [0.4, 0.5) is 0 Å². The van der Waals surface area contributed by atoms with Crippen LogP contribution in [-0.2, 0) is 22.6 Å². The van der Waals surface area contributed by atoms with Gasteiger partial charge in [0.2, 0.25) is 11.8 Å². The Hall–Kier alpha value is -2.77. The number of pyridine rings is 1. The molecule has 1 aromatic carbocycles. The third-order valence-corrected chi connectivity index (χ3v) is 6.19. The molecule has 0 aliphatic carbocycles. The van der Waals surface area contributed by atoms with Gasteiger partial charge < -0.3 is 10.2 Å². The maximum absolute atomic E-state index is 13.0. The minimum atomic E-state index is -0.376. The van der Waals surface area contributed by atoms with Crippen molar-refractivity contribution in [3.63, 3.8) is 0 Å². The van der Waals surface area contributed by atoms with Gasteiger partial charge in [0.1, 0.15) is 0 Å². The fraction of sp³-hybridized carbons (Fsp3) is 0.458. The van der Waals surface area contributed by atoms with Crippen molar-refractivity contribution >= 4 is 11.8 Å². The standard InChI is InChI=1S/C24H31N5O2/c30-23(29-15-13-27(14-16-29)19-21-7-4-9-25-18-21)17-22-24(31)26-10-12-28(22)11-8-20-5-2-1-3-6-20/h1-7,9,18,22H,8,10-17,19H2,(H,26,31)/t22-/m0/s1. The van der Waals surface area contributed by atoms with Gasteiger partial charge in [0, 0.05) is 64.8 Å². The molecule has 0 bridgehead atoms. The zero-order valence-corrected chi connectivity index (χ0v) is 17.9. The maximum atomic E-state index is 13.0. The fourth-order valence-electron chi connectivity index (χ4n) is 4.37. The van der Waals surface area contributed by atoms with E-state index < -0.39 is 0 Å². The molecule has 2 fully saturated rings. The number of nitrogens with one attached hydrogen (secondary N) is 1. The second-order valence-corrected chi connectivity index (χ2v) is 8.30. The Labute approximate surface area is 184 Å². The van der Waals surface area contributed by atoms with Crippen LogP contribution >= 0.6 is 0 Å². The van der Waals surface area contributed by atoms with Gasteiger partial charge in [0.15, 0.2) is 0 Å². The zero-order chi connectivity index (χ0) is 21.5. The van der Waals surface area contributed by atoms with Gasteiger partial charge in [-0.15, -0.1) is 0 Å². The minimum Gasteiger partial charge on any atom is -0.353 e. The Morgan fingerprint density at radius 2 is 1.77 bits per heavy atom. The molecule has 2 aliphatic heterocycles. The number of carbonyl (C=O) groups is 2. The van der Waals surface area contributed by atoms with Crippen LogP contribution in [0.15, 0.2) is 54.9 Å². The normalized spacial score (nSPS) is 20.5. The molecule has 7 nitrogen and oxygen atoms in total. The second-order valence-electron chi connectivity index (χ2n) is 8.30. The number of rotatable bonds is 7. The molecule has 2 amide bonds. The van der Waals surface area contributed by atoms with Crippen molar-refractivity contribution in [2.24, 2.45) is 0 Å². The van der Waals surface area contributed by atoms with E-state index in [1.807, 2.05) is 35.4 Å². The largest absolute Gasteiger partial charge is 0.353 e. The van der Waals surface area contributed by atoms with E-state index in [-0.39, 0.29) is 24.3 Å². The van der Waals surface area contributed by atoms with Gasteiger partial charge in [-0.25, -0.2) is 0 Å². The van der Waals surface area contributed by atoms with Crippen LogP contribution in [0.5, 0.6) is 0 Å². The molecule has 2 saturated heterocycles. The van der Waals surface area contributed by atoms with Crippen molar-refractivity contribution in [1.29, 1.82) is 0 Å². The molecule has 2 aromatic rings. The number of hydrogen-bond acceptors (Lipinski definition) is 5. The van der Waals surface area contributed by atoms with Crippen LogP contribution in [0.25, 0.3) is 0 Å². The smallest absolute Gasteiger partial charge is 0.237 e. The van der Waals surface area contributed by atoms with Gasteiger partial charge in [-0.05, 0) is 23.6 Å². The lowest BCUT2D eigenvalue weighted by Crippen LogP contribution is -2.58. The van der Waals surface area contributed by atoms with Gasteiger partial charge >= 0.3 is 0 Å². The van der Waals surface area contributed by atoms with Crippen molar-refractivity contribution in [3.05, 3.63) is 66.0 Å². The molecule has 0 radical (unpaired) electrons. The Kier molecular flexibility index (Phi) is 7.27. The number of aromatic nitrogens is 1. The lowest BCUT2D eigenvalue weighted by Gasteiger charge is -2.38. The molecule has 0 saturated carbocycles. The monoisotopic (exact) mass is 421 g/mol. The summed E-state index contributed by atoms with van der Waals surface area (Å²) in [5, 5.41) is 2.94. The highest BCUT2D eigenvalue weighted by molar-refractivity contribution is 5.88. The van der Waals surface area contributed by atoms with E-state index in [1.54, 1.807) is 6.20 Å².